The van der Waals surface area contributed by atoms with Gasteiger partial charge in [0, 0.05) is 6.04 Å². The van der Waals surface area contributed by atoms with Gasteiger partial charge in [-0.05, 0) is 57.4 Å². The van der Waals surface area contributed by atoms with Gasteiger partial charge in [0.25, 0.3) is 5.91 Å². The third-order valence-corrected chi connectivity index (χ3v) is 4.21. The highest BCUT2D eigenvalue weighted by molar-refractivity contribution is 5.92. The van der Waals surface area contributed by atoms with Crippen molar-refractivity contribution >= 4 is 11.9 Å². The van der Waals surface area contributed by atoms with Crippen LogP contribution in [0.2, 0.25) is 0 Å². The number of nitrogens with one attached hydrogen (secondary N) is 1. The largest absolute Gasteiger partial charge is 0.493 e. The van der Waals surface area contributed by atoms with E-state index in [1.54, 1.807) is 18.2 Å². The fourth-order valence-electron chi connectivity index (χ4n) is 2.78. The second-order valence-electron chi connectivity index (χ2n) is 7.10. The van der Waals surface area contributed by atoms with E-state index in [9.17, 15) is 9.59 Å². The van der Waals surface area contributed by atoms with Crippen molar-refractivity contribution in [3.8, 4) is 11.5 Å². The third kappa shape index (κ3) is 7.49. The number of methoxy groups -OCH3 is 1. The highest BCUT2D eigenvalue weighted by Crippen LogP contribution is 2.29. The molecular weight excluding hydrogens is 370 g/mol. The van der Waals surface area contributed by atoms with Crippen LogP contribution in [0.3, 0.4) is 0 Å². The van der Waals surface area contributed by atoms with Gasteiger partial charge in [-0.15, -0.1) is 0 Å². The van der Waals surface area contributed by atoms with Crippen LogP contribution in [0.4, 0.5) is 0 Å². The summed E-state index contributed by atoms with van der Waals surface area (Å²) in [6.45, 7) is 5.41. The summed E-state index contributed by atoms with van der Waals surface area (Å²) in [6, 6.07) is 14.8. The summed E-state index contributed by atoms with van der Waals surface area (Å²) in [5.41, 5.74) is 1.52. The van der Waals surface area contributed by atoms with Gasteiger partial charge >= 0.3 is 5.97 Å². The number of carbonyl (C=O) groups is 2. The molecule has 0 saturated heterocycles. The standard InChI is InChI=1S/C23H29NO5/c1-16(2)29-20-13-12-19(14-21(20)27-4)23(26)28-15-22(25)24-17(3)10-11-18-8-6-5-7-9-18/h5-9,12-14,16-17H,10-11,15H2,1-4H3,(H,24,25). The van der Waals surface area contributed by atoms with E-state index in [0.29, 0.717) is 17.1 Å². The molecule has 0 saturated carbocycles. The minimum atomic E-state index is -0.591. The van der Waals surface area contributed by atoms with Crippen molar-refractivity contribution in [2.75, 3.05) is 13.7 Å². The molecule has 0 aromatic heterocycles. The number of carbonyl (C=O) groups excluding carboxylic acids is 2. The SMILES string of the molecule is COc1cc(C(=O)OCC(=O)NC(C)CCc2ccccc2)ccc1OC(C)C. The molecule has 1 unspecified atom stereocenters. The summed E-state index contributed by atoms with van der Waals surface area (Å²) >= 11 is 0. The Morgan fingerprint density at radius 2 is 1.72 bits per heavy atom. The Hall–Kier alpha value is -3.02. The van der Waals surface area contributed by atoms with Gasteiger partial charge in [0.1, 0.15) is 0 Å². The van der Waals surface area contributed by atoms with Crippen molar-refractivity contribution in [3.05, 3.63) is 59.7 Å². The van der Waals surface area contributed by atoms with E-state index in [2.05, 4.69) is 17.4 Å². The number of esters is 1. The second-order valence-corrected chi connectivity index (χ2v) is 7.10. The number of rotatable bonds is 10. The Labute approximate surface area is 172 Å². The zero-order valence-corrected chi connectivity index (χ0v) is 17.4. The van der Waals surface area contributed by atoms with Crippen LogP contribution in [0.1, 0.15) is 43.1 Å². The van der Waals surface area contributed by atoms with Crippen molar-refractivity contribution in [2.45, 2.75) is 45.8 Å². The molecule has 0 radical (unpaired) electrons. The summed E-state index contributed by atoms with van der Waals surface area (Å²) < 4.78 is 16.0. The molecule has 0 aliphatic heterocycles. The summed E-state index contributed by atoms with van der Waals surface area (Å²) in [5, 5.41) is 2.85. The van der Waals surface area contributed by atoms with Crippen molar-refractivity contribution in [1.29, 1.82) is 0 Å². The topological polar surface area (TPSA) is 73.9 Å². The van der Waals surface area contributed by atoms with E-state index < -0.39 is 5.97 Å². The maximum absolute atomic E-state index is 12.2. The first-order chi connectivity index (χ1) is 13.9. The van der Waals surface area contributed by atoms with Crippen LogP contribution in [0.15, 0.2) is 48.5 Å². The average molecular weight is 399 g/mol. The van der Waals surface area contributed by atoms with Crippen molar-refractivity contribution in [3.63, 3.8) is 0 Å². The number of hydrogen-bond donors (Lipinski definition) is 1. The first-order valence-electron chi connectivity index (χ1n) is 9.74. The molecule has 0 fully saturated rings. The Balaban J connectivity index is 1.81. The molecule has 6 heteroatoms. The van der Waals surface area contributed by atoms with Gasteiger partial charge in [-0.2, -0.15) is 0 Å². The number of ether oxygens (including phenoxy) is 3. The Morgan fingerprint density at radius 3 is 2.38 bits per heavy atom. The van der Waals surface area contributed by atoms with Gasteiger partial charge in [0.2, 0.25) is 0 Å². The number of benzene rings is 2. The minimum Gasteiger partial charge on any atom is -0.493 e. The molecule has 1 atom stereocenters. The first-order valence-corrected chi connectivity index (χ1v) is 9.74. The molecule has 156 valence electrons. The van der Waals surface area contributed by atoms with Crippen LogP contribution >= 0.6 is 0 Å². The van der Waals surface area contributed by atoms with Crippen LogP contribution in [0, 0.1) is 0 Å². The van der Waals surface area contributed by atoms with Gasteiger partial charge in [0.05, 0.1) is 18.8 Å². The molecule has 0 spiro atoms. The van der Waals surface area contributed by atoms with Gasteiger partial charge in [-0.25, -0.2) is 4.79 Å². The zero-order chi connectivity index (χ0) is 21.2. The summed E-state index contributed by atoms with van der Waals surface area (Å²) in [7, 11) is 1.50. The van der Waals surface area contributed by atoms with Crippen LogP contribution < -0.4 is 14.8 Å². The van der Waals surface area contributed by atoms with E-state index in [1.807, 2.05) is 39.0 Å². The van der Waals surface area contributed by atoms with Crippen molar-refractivity contribution in [1.82, 2.24) is 5.32 Å². The van der Waals surface area contributed by atoms with Crippen LogP contribution in [0.25, 0.3) is 0 Å². The summed E-state index contributed by atoms with van der Waals surface area (Å²) in [6.07, 6.45) is 1.65. The summed E-state index contributed by atoms with van der Waals surface area (Å²) in [4.78, 5) is 24.3. The molecule has 1 amide bonds. The quantitative estimate of drug-likeness (QED) is 0.616. The molecule has 0 heterocycles. The fraction of sp³-hybridized carbons (Fsp3) is 0.391. The van der Waals surface area contributed by atoms with Gasteiger partial charge in [-0.1, -0.05) is 30.3 Å². The van der Waals surface area contributed by atoms with Gasteiger partial charge < -0.3 is 19.5 Å². The van der Waals surface area contributed by atoms with E-state index in [0.717, 1.165) is 12.8 Å². The van der Waals surface area contributed by atoms with Crippen LogP contribution in [0.5, 0.6) is 11.5 Å². The van der Waals surface area contributed by atoms with Crippen molar-refractivity contribution in [2.24, 2.45) is 0 Å². The lowest BCUT2D eigenvalue weighted by atomic mass is 10.1. The monoisotopic (exact) mass is 399 g/mol. The molecule has 0 aliphatic carbocycles. The van der Waals surface area contributed by atoms with Gasteiger partial charge in [-0.3, -0.25) is 4.79 Å². The zero-order valence-electron chi connectivity index (χ0n) is 17.4. The Kier molecular flexibility index (Phi) is 8.52. The summed E-state index contributed by atoms with van der Waals surface area (Å²) in [5.74, 6) is 0.0632. The van der Waals surface area contributed by atoms with E-state index in [-0.39, 0.29) is 24.7 Å². The normalized spacial score (nSPS) is 11.6. The van der Waals surface area contributed by atoms with Crippen LogP contribution in [-0.4, -0.2) is 37.7 Å². The van der Waals surface area contributed by atoms with Crippen molar-refractivity contribution < 1.29 is 23.8 Å². The van der Waals surface area contributed by atoms with E-state index >= 15 is 0 Å². The van der Waals surface area contributed by atoms with E-state index in [1.165, 1.54) is 12.7 Å². The maximum Gasteiger partial charge on any atom is 0.338 e. The minimum absolute atomic E-state index is 0.0192. The molecule has 0 aliphatic rings. The molecule has 1 N–H and O–H groups in total. The first kappa shape index (κ1) is 22.3. The molecular formula is C23H29NO5. The molecule has 0 bridgehead atoms. The highest BCUT2D eigenvalue weighted by atomic mass is 16.5. The smallest absolute Gasteiger partial charge is 0.338 e. The lowest BCUT2D eigenvalue weighted by molar-refractivity contribution is -0.124. The molecule has 2 aromatic rings. The molecule has 6 nitrogen and oxygen atoms in total. The Morgan fingerprint density at radius 1 is 1.00 bits per heavy atom. The predicted octanol–water partition coefficient (Wildman–Crippen LogP) is 3.78. The Bertz CT molecular complexity index is 804. The number of hydrogen-bond acceptors (Lipinski definition) is 5. The lowest BCUT2D eigenvalue weighted by Gasteiger charge is -2.15. The van der Waals surface area contributed by atoms with E-state index in [4.69, 9.17) is 14.2 Å². The fourth-order valence-corrected chi connectivity index (χ4v) is 2.78. The predicted molar refractivity (Wildman–Crippen MR) is 111 cm³/mol. The second kappa shape index (κ2) is 11.1. The highest BCUT2D eigenvalue weighted by Gasteiger charge is 2.15. The molecule has 29 heavy (non-hydrogen) atoms. The maximum atomic E-state index is 12.2. The molecule has 2 aromatic carbocycles. The third-order valence-electron chi connectivity index (χ3n) is 4.21. The van der Waals surface area contributed by atoms with Crippen LogP contribution in [-0.2, 0) is 16.0 Å². The molecule has 2 rings (SSSR count). The number of amides is 1. The number of aryl methyl sites for hydroxylation is 1. The van der Waals surface area contributed by atoms with Gasteiger partial charge in [0.15, 0.2) is 18.1 Å². The average Bonchev–Trinajstić information content (AvgIpc) is 2.71. The lowest BCUT2D eigenvalue weighted by Crippen LogP contribution is -2.36.